The molecule has 0 fully saturated rings. The van der Waals surface area contributed by atoms with E-state index in [0.29, 0.717) is 30.6 Å². The summed E-state index contributed by atoms with van der Waals surface area (Å²) in [6, 6.07) is 6.59. The Labute approximate surface area is 219 Å². The summed E-state index contributed by atoms with van der Waals surface area (Å²) in [4.78, 5) is 38.8. The lowest BCUT2D eigenvalue weighted by Gasteiger charge is -2.08. The number of aryl methyl sites for hydroxylation is 1. The molecule has 12 heteroatoms. The number of thioether (sulfide) groups is 1. The van der Waals surface area contributed by atoms with Gasteiger partial charge in [-0.1, -0.05) is 47.2 Å². The molecule has 2 N–H and O–H groups in total. The number of halogens is 1. The molecule has 1 aliphatic rings. The molecule has 0 saturated heterocycles. The fraction of sp³-hybridized carbons (Fsp3) is 0.348. The molecular formula is C23H23ClN4O4S3. The van der Waals surface area contributed by atoms with Gasteiger partial charge in [-0.25, -0.2) is 4.79 Å². The molecule has 35 heavy (non-hydrogen) atoms. The second kappa shape index (κ2) is 12.0. The standard InChI is InChI=1S/C23H23ClN4O4S3/c1-2-32-21(31)18-15-9-4-3-5-10-16(15)34-20(18)25-17(29)12-33-23-28-27-22(35-23)26-19(30)13-7-6-8-14(24)11-13/h6-8,11H,2-5,9-10,12H2,1H3,(H,25,29)(H,26,27,30). The minimum Gasteiger partial charge on any atom is -0.462 e. The van der Waals surface area contributed by atoms with Crippen LogP contribution in [-0.4, -0.2) is 40.3 Å². The average Bonchev–Trinajstić information content (AvgIpc) is 3.34. The van der Waals surface area contributed by atoms with Crippen molar-refractivity contribution in [3.8, 4) is 0 Å². The average molecular weight is 551 g/mol. The fourth-order valence-electron chi connectivity index (χ4n) is 3.66. The summed E-state index contributed by atoms with van der Waals surface area (Å²) >= 11 is 9.78. The molecule has 2 aromatic heterocycles. The molecule has 184 valence electrons. The number of nitrogens with one attached hydrogen (secondary N) is 2. The van der Waals surface area contributed by atoms with Gasteiger partial charge >= 0.3 is 5.97 Å². The largest absolute Gasteiger partial charge is 0.462 e. The summed E-state index contributed by atoms with van der Waals surface area (Å²) in [6.07, 6.45) is 4.95. The zero-order chi connectivity index (χ0) is 24.8. The van der Waals surface area contributed by atoms with Crippen LogP contribution < -0.4 is 10.6 Å². The van der Waals surface area contributed by atoms with E-state index in [1.165, 1.54) is 34.4 Å². The Kier molecular flexibility index (Phi) is 8.77. The van der Waals surface area contributed by atoms with E-state index in [9.17, 15) is 14.4 Å². The van der Waals surface area contributed by atoms with Gasteiger partial charge in [-0.05, 0) is 56.4 Å². The van der Waals surface area contributed by atoms with Gasteiger partial charge in [0.25, 0.3) is 5.91 Å². The number of thiophene rings is 1. The topological polar surface area (TPSA) is 110 Å². The van der Waals surface area contributed by atoms with Crippen LogP contribution in [0.5, 0.6) is 0 Å². The van der Waals surface area contributed by atoms with Crippen molar-refractivity contribution in [2.75, 3.05) is 23.0 Å². The number of nitrogens with zero attached hydrogens (tertiary/aromatic N) is 2. The number of carbonyl (C=O) groups excluding carboxylic acids is 3. The van der Waals surface area contributed by atoms with E-state index in [4.69, 9.17) is 16.3 Å². The quantitative estimate of drug-likeness (QED) is 0.161. The van der Waals surface area contributed by atoms with Gasteiger partial charge in [0.05, 0.1) is 17.9 Å². The number of aromatic nitrogens is 2. The summed E-state index contributed by atoms with van der Waals surface area (Å²) in [5.74, 6) is -0.903. The van der Waals surface area contributed by atoms with Gasteiger partial charge in [-0.3, -0.25) is 14.9 Å². The molecule has 0 bridgehead atoms. The normalized spacial score (nSPS) is 13.0. The van der Waals surface area contributed by atoms with Crippen LogP contribution in [0.15, 0.2) is 28.6 Å². The van der Waals surface area contributed by atoms with E-state index >= 15 is 0 Å². The lowest BCUT2D eigenvalue weighted by Crippen LogP contribution is -2.16. The van der Waals surface area contributed by atoms with Gasteiger partial charge in [-0.2, -0.15) is 0 Å². The Morgan fingerprint density at radius 1 is 1.11 bits per heavy atom. The monoisotopic (exact) mass is 550 g/mol. The van der Waals surface area contributed by atoms with Crippen LogP contribution in [0, 0.1) is 0 Å². The van der Waals surface area contributed by atoms with E-state index < -0.39 is 0 Å². The van der Waals surface area contributed by atoms with Crippen molar-refractivity contribution in [1.82, 2.24) is 10.2 Å². The van der Waals surface area contributed by atoms with Gasteiger partial charge in [0.15, 0.2) is 4.34 Å². The number of benzene rings is 1. The van der Waals surface area contributed by atoms with Crippen molar-refractivity contribution in [1.29, 1.82) is 0 Å². The van der Waals surface area contributed by atoms with Crippen molar-refractivity contribution in [2.45, 2.75) is 43.4 Å². The number of ether oxygens (including phenoxy) is 1. The minimum absolute atomic E-state index is 0.0850. The number of anilines is 2. The number of carbonyl (C=O) groups is 3. The van der Waals surface area contributed by atoms with Gasteiger partial charge in [0.2, 0.25) is 11.0 Å². The number of fused-ring (bicyclic) bond motifs is 1. The van der Waals surface area contributed by atoms with Crippen molar-refractivity contribution in [2.24, 2.45) is 0 Å². The van der Waals surface area contributed by atoms with Crippen LogP contribution in [0.1, 0.15) is 57.3 Å². The molecular weight excluding hydrogens is 528 g/mol. The Bertz CT molecular complexity index is 1240. The van der Waals surface area contributed by atoms with Crippen LogP contribution in [0.25, 0.3) is 0 Å². The predicted molar refractivity (Wildman–Crippen MR) is 140 cm³/mol. The zero-order valence-electron chi connectivity index (χ0n) is 18.9. The number of hydrogen-bond acceptors (Lipinski definition) is 9. The summed E-state index contributed by atoms with van der Waals surface area (Å²) in [5, 5.41) is 14.9. The molecule has 0 aliphatic heterocycles. The second-order valence-corrected chi connectivity index (χ2v) is 11.4. The Morgan fingerprint density at radius 3 is 2.74 bits per heavy atom. The molecule has 3 aromatic rings. The first-order chi connectivity index (χ1) is 16.9. The highest BCUT2D eigenvalue weighted by Crippen LogP contribution is 2.38. The third-order valence-electron chi connectivity index (χ3n) is 5.19. The summed E-state index contributed by atoms with van der Waals surface area (Å²) in [7, 11) is 0. The smallest absolute Gasteiger partial charge is 0.341 e. The Balaban J connectivity index is 1.37. The third kappa shape index (κ3) is 6.60. The van der Waals surface area contributed by atoms with E-state index in [1.807, 2.05) is 0 Å². The predicted octanol–water partition coefficient (Wildman–Crippen LogP) is 5.68. The lowest BCUT2D eigenvalue weighted by molar-refractivity contribution is -0.113. The molecule has 1 aliphatic carbocycles. The highest BCUT2D eigenvalue weighted by Gasteiger charge is 2.26. The van der Waals surface area contributed by atoms with Gasteiger partial charge in [-0.15, -0.1) is 21.5 Å². The molecule has 2 heterocycles. The van der Waals surface area contributed by atoms with Crippen LogP contribution in [0.2, 0.25) is 5.02 Å². The maximum absolute atomic E-state index is 12.7. The molecule has 0 saturated carbocycles. The number of amides is 2. The van der Waals surface area contributed by atoms with Gasteiger partial charge in [0, 0.05) is 15.5 Å². The molecule has 1 aromatic carbocycles. The first kappa shape index (κ1) is 25.6. The maximum atomic E-state index is 12.7. The van der Waals surface area contributed by atoms with Gasteiger partial charge < -0.3 is 10.1 Å². The fourth-order valence-corrected chi connectivity index (χ4v) is 6.69. The molecule has 0 unspecified atom stereocenters. The highest BCUT2D eigenvalue weighted by atomic mass is 35.5. The molecule has 0 atom stereocenters. The van der Waals surface area contributed by atoms with E-state index in [0.717, 1.165) is 42.5 Å². The third-order valence-corrected chi connectivity index (χ3v) is 8.61. The first-order valence-corrected chi connectivity index (χ1v) is 14.1. The van der Waals surface area contributed by atoms with Crippen molar-refractivity contribution >= 4 is 74.0 Å². The maximum Gasteiger partial charge on any atom is 0.341 e. The van der Waals surface area contributed by atoms with Crippen LogP contribution in [-0.2, 0) is 22.4 Å². The zero-order valence-corrected chi connectivity index (χ0v) is 22.1. The first-order valence-electron chi connectivity index (χ1n) is 11.1. The summed E-state index contributed by atoms with van der Waals surface area (Å²) < 4.78 is 5.81. The molecule has 0 radical (unpaired) electrons. The van der Waals surface area contributed by atoms with E-state index in [2.05, 4.69) is 20.8 Å². The van der Waals surface area contributed by atoms with Crippen molar-refractivity contribution in [3.05, 3.63) is 50.9 Å². The highest BCUT2D eigenvalue weighted by molar-refractivity contribution is 8.01. The number of esters is 1. The Morgan fingerprint density at radius 2 is 1.94 bits per heavy atom. The molecule has 0 spiro atoms. The van der Waals surface area contributed by atoms with Crippen molar-refractivity contribution < 1.29 is 19.1 Å². The van der Waals surface area contributed by atoms with Crippen LogP contribution >= 0.6 is 46.0 Å². The van der Waals surface area contributed by atoms with Gasteiger partial charge in [0.1, 0.15) is 5.00 Å². The molecule has 2 amide bonds. The second-order valence-electron chi connectivity index (χ2n) is 7.66. The number of hydrogen-bond donors (Lipinski definition) is 2. The van der Waals surface area contributed by atoms with Crippen molar-refractivity contribution in [3.63, 3.8) is 0 Å². The van der Waals surface area contributed by atoms with E-state index in [-0.39, 0.29) is 30.1 Å². The van der Waals surface area contributed by atoms with Crippen LogP contribution in [0.3, 0.4) is 0 Å². The summed E-state index contributed by atoms with van der Waals surface area (Å²) in [5.41, 5.74) is 1.92. The van der Waals surface area contributed by atoms with E-state index in [1.54, 1.807) is 31.2 Å². The van der Waals surface area contributed by atoms with Crippen LogP contribution in [0.4, 0.5) is 10.1 Å². The summed E-state index contributed by atoms with van der Waals surface area (Å²) in [6.45, 7) is 2.05. The Hall–Kier alpha value is -2.47. The molecule has 4 rings (SSSR count). The molecule has 8 nitrogen and oxygen atoms in total. The minimum atomic E-state index is -0.390. The number of rotatable bonds is 8. The lowest BCUT2D eigenvalue weighted by atomic mass is 10.1. The SMILES string of the molecule is CCOC(=O)c1c(NC(=O)CSc2nnc(NC(=O)c3cccc(Cl)c3)s2)sc2c1CCCCC2.